The Morgan fingerprint density at radius 3 is 2.62 bits per heavy atom. The number of para-hydroxylation sites is 2. The number of amides is 1. The number of nitrogens with one attached hydrogen (secondary N) is 2. The van der Waals surface area contributed by atoms with Crippen LogP contribution >= 0.6 is 11.3 Å². The fourth-order valence-electron chi connectivity index (χ4n) is 3.73. The second kappa shape index (κ2) is 8.89. The molecule has 5 rings (SSSR count). The van der Waals surface area contributed by atoms with Gasteiger partial charge in [0.1, 0.15) is 0 Å². The highest BCUT2D eigenvalue weighted by molar-refractivity contribution is 7.14. The zero-order valence-electron chi connectivity index (χ0n) is 17.7. The second-order valence-corrected chi connectivity index (χ2v) is 8.35. The summed E-state index contributed by atoms with van der Waals surface area (Å²) in [6.07, 6.45) is 0. The summed E-state index contributed by atoms with van der Waals surface area (Å²) in [5, 5.41) is 16.0. The molecule has 9 heteroatoms. The van der Waals surface area contributed by atoms with Gasteiger partial charge in [0.15, 0.2) is 5.71 Å². The smallest absolute Gasteiger partial charge is 0.303 e. The highest BCUT2D eigenvalue weighted by Gasteiger charge is 2.32. The lowest BCUT2D eigenvalue weighted by Crippen LogP contribution is -2.43. The zero-order chi connectivity index (χ0) is 21.9. The molecule has 2 aromatic carbocycles. The number of piperazine rings is 1. The number of aromatic nitrogens is 1. The number of benzene rings is 2. The Morgan fingerprint density at radius 2 is 1.81 bits per heavy atom. The van der Waals surface area contributed by atoms with Crippen LogP contribution in [0.3, 0.4) is 0 Å². The predicted molar refractivity (Wildman–Crippen MR) is 131 cm³/mol. The molecule has 3 heterocycles. The van der Waals surface area contributed by atoms with Crippen molar-refractivity contribution in [2.75, 3.05) is 41.5 Å². The molecule has 1 aromatic heterocycles. The Bertz CT molecular complexity index is 1180. The van der Waals surface area contributed by atoms with Crippen LogP contribution in [0.2, 0.25) is 0 Å². The van der Waals surface area contributed by atoms with Crippen LogP contribution in [0.5, 0.6) is 0 Å². The van der Waals surface area contributed by atoms with Crippen LogP contribution in [0.15, 0.2) is 70.2 Å². The van der Waals surface area contributed by atoms with Gasteiger partial charge in [0, 0.05) is 37.1 Å². The molecule has 0 bridgehead atoms. The molecule has 0 saturated carbocycles. The van der Waals surface area contributed by atoms with Crippen LogP contribution in [0.4, 0.5) is 16.5 Å². The maximum absolute atomic E-state index is 13.1. The van der Waals surface area contributed by atoms with Gasteiger partial charge in [-0.05, 0) is 19.1 Å². The Labute approximate surface area is 190 Å². The van der Waals surface area contributed by atoms with E-state index in [0.717, 1.165) is 48.8 Å². The van der Waals surface area contributed by atoms with Gasteiger partial charge in [-0.3, -0.25) is 10.2 Å². The van der Waals surface area contributed by atoms with E-state index in [4.69, 9.17) is 0 Å². The minimum absolute atomic E-state index is 0.288. The van der Waals surface area contributed by atoms with Gasteiger partial charge < -0.3 is 10.2 Å². The van der Waals surface area contributed by atoms with Gasteiger partial charge in [-0.15, -0.1) is 11.3 Å². The van der Waals surface area contributed by atoms with Crippen molar-refractivity contribution < 1.29 is 4.79 Å². The van der Waals surface area contributed by atoms with Gasteiger partial charge in [0.25, 0.3) is 0 Å². The summed E-state index contributed by atoms with van der Waals surface area (Å²) in [5.41, 5.74) is 7.70. The molecule has 0 radical (unpaired) electrons. The first kappa shape index (κ1) is 20.3. The highest BCUT2D eigenvalue weighted by Crippen LogP contribution is 2.30. The number of hydrogen-bond donors (Lipinski definition) is 2. The lowest BCUT2D eigenvalue weighted by molar-refractivity contribution is -0.112. The fraction of sp³-hybridized carbons (Fsp3) is 0.217. The minimum Gasteiger partial charge on any atom is -0.367 e. The Balaban J connectivity index is 1.35. The lowest BCUT2D eigenvalue weighted by atomic mass is 10.2. The molecule has 2 aliphatic heterocycles. The van der Waals surface area contributed by atoms with Crippen LogP contribution in [-0.4, -0.2) is 48.5 Å². The maximum atomic E-state index is 13.1. The van der Waals surface area contributed by atoms with Crippen LogP contribution in [0, 0.1) is 0 Å². The van der Waals surface area contributed by atoms with Crippen molar-refractivity contribution in [1.82, 2.24) is 10.3 Å². The Hall–Kier alpha value is -3.56. The normalized spacial score (nSPS) is 17.7. The highest BCUT2D eigenvalue weighted by atomic mass is 32.1. The standard InChI is InChI=1S/C23H23N7OS/c1-16-21(27-26-18-9-5-6-10-20(18)29-13-11-24-12-14-29)22(31)30(28-16)23-25-19(15-32-23)17-7-3-2-4-8-17/h2-10,15,24,26H,11-14H2,1H3/b27-21+. The van der Waals surface area contributed by atoms with Crippen molar-refractivity contribution >= 4 is 45.2 Å². The molecule has 3 aromatic rings. The van der Waals surface area contributed by atoms with Crippen molar-refractivity contribution in [3.63, 3.8) is 0 Å². The Morgan fingerprint density at radius 1 is 1.06 bits per heavy atom. The molecule has 0 spiro atoms. The second-order valence-electron chi connectivity index (χ2n) is 7.51. The largest absolute Gasteiger partial charge is 0.367 e. The lowest BCUT2D eigenvalue weighted by Gasteiger charge is -2.30. The predicted octanol–water partition coefficient (Wildman–Crippen LogP) is 3.41. The van der Waals surface area contributed by atoms with Gasteiger partial charge in [-0.25, -0.2) is 4.98 Å². The first-order chi connectivity index (χ1) is 15.7. The quantitative estimate of drug-likeness (QED) is 0.588. The summed E-state index contributed by atoms with van der Waals surface area (Å²) in [4.78, 5) is 20.0. The maximum Gasteiger partial charge on any atom is 0.303 e. The summed E-state index contributed by atoms with van der Waals surface area (Å²) >= 11 is 1.38. The number of rotatable bonds is 5. The average Bonchev–Trinajstić information content (AvgIpc) is 3.44. The van der Waals surface area contributed by atoms with Crippen molar-refractivity contribution in [3.05, 3.63) is 60.0 Å². The van der Waals surface area contributed by atoms with Gasteiger partial charge in [-0.2, -0.15) is 15.2 Å². The monoisotopic (exact) mass is 445 g/mol. The van der Waals surface area contributed by atoms with E-state index in [1.165, 1.54) is 16.3 Å². The van der Waals surface area contributed by atoms with Crippen molar-refractivity contribution in [2.24, 2.45) is 10.2 Å². The van der Waals surface area contributed by atoms with Gasteiger partial charge in [0.2, 0.25) is 5.13 Å². The zero-order valence-corrected chi connectivity index (χ0v) is 18.5. The van der Waals surface area contributed by atoms with Crippen molar-refractivity contribution in [3.8, 4) is 11.3 Å². The summed E-state index contributed by atoms with van der Waals surface area (Å²) < 4.78 is 0. The van der Waals surface area contributed by atoms with E-state index in [1.54, 1.807) is 6.92 Å². The molecule has 1 amide bonds. The topological polar surface area (TPSA) is 85.2 Å². The number of anilines is 3. The van der Waals surface area contributed by atoms with E-state index in [-0.39, 0.29) is 11.6 Å². The molecule has 2 aliphatic rings. The third kappa shape index (κ3) is 4.00. The van der Waals surface area contributed by atoms with E-state index >= 15 is 0 Å². The van der Waals surface area contributed by atoms with E-state index in [1.807, 2.05) is 53.9 Å². The third-order valence-electron chi connectivity index (χ3n) is 5.38. The third-order valence-corrected chi connectivity index (χ3v) is 6.20. The van der Waals surface area contributed by atoms with E-state index in [0.29, 0.717) is 10.8 Å². The molecule has 0 aliphatic carbocycles. The molecule has 32 heavy (non-hydrogen) atoms. The van der Waals surface area contributed by atoms with E-state index in [2.05, 4.69) is 36.9 Å². The number of carbonyl (C=O) groups excluding carboxylic acids is 1. The van der Waals surface area contributed by atoms with Gasteiger partial charge in [0.05, 0.1) is 22.8 Å². The average molecular weight is 446 g/mol. The number of nitrogens with zero attached hydrogens (tertiary/aromatic N) is 5. The number of hydrogen-bond acceptors (Lipinski definition) is 8. The SMILES string of the molecule is CC1=NN(c2nc(-c3ccccc3)cs2)C(=O)/C1=N/Nc1ccccc1N1CCNCC1. The molecule has 8 nitrogen and oxygen atoms in total. The van der Waals surface area contributed by atoms with Crippen LogP contribution in [0.1, 0.15) is 6.92 Å². The number of thiazole rings is 1. The molecule has 162 valence electrons. The molecule has 2 N–H and O–H groups in total. The first-order valence-electron chi connectivity index (χ1n) is 10.5. The fourth-order valence-corrected chi connectivity index (χ4v) is 4.51. The number of hydrazone groups is 2. The summed E-state index contributed by atoms with van der Waals surface area (Å²) in [7, 11) is 0. The molecular weight excluding hydrogens is 422 g/mol. The molecule has 0 unspecified atom stereocenters. The molecule has 1 saturated heterocycles. The van der Waals surface area contributed by atoms with Gasteiger partial charge >= 0.3 is 5.91 Å². The minimum atomic E-state index is -0.288. The van der Waals surface area contributed by atoms with Crippen molar-refractivity contribution in [2.45, 2.75) is 6.92 Å². The molecule has 1 fully saturated rings. The van der Waals surface area contributed by atoms with E-state index < -0.39 is 0 Å². The van der Waals surface area contributed by atoms with Crippen LogP contribution < -0.4 is 20.7 Å². The van der Waals surface area contributed by atoms with Crippen LogP contribution in [0.25, 0.3) is 11.3 Å². The number of carbonyl (C=O) groups is 1. The van der Waals surface area contributed by atoms with Crippen molar-refractivity contribution in [1.29, 1.82) is 0 Å². The molecule has 0 atom stereocenters. The summed E-state index contributed by atoms with van der Waals surface area (Å²) in [6, 6.07) is 17.9. The summed E-state index contributed by atoms with van der Waals surface area (Å²) in [6.45, 7) is 5.53. The van der Waals surface area contributed by atoms with Crippen LogP contribution in [-0.2, 0) is 4.79 Å². The van der Waals surface area contributed by atoms with E-state index in [9.17, 15) is 4.79 Å². The summed E-state index contributed by atoms with van der Waals surface area (Å²) in [5.74, 6) is -0.288. The van der Waals surface area contributed by atoms with Gasteiger partial charge in [-0.1, -0.05) is 42.5 Å². The Kier molecular flexibility index (Phi) is 5.66. The molecular formula is C23H23N7OS. The first-order valence-corrected chi connectivity index (χ1v) is 11.4.